The zero-order valence-electron chi connectivity index (χ0n) is 18.2. The van der Waals surface area contributed by atoms with E-state index in [0.717, 1.165) is 17.7 Å². The van der Waals surface area contributed by atoms with Crippen LogP contribution in [0.3, 0.4) is 0 Å². The van der Waals surface area contributed by atoms with Crippen molar-refractivity contribution in [2.45, 2.75) is 19.4 Å². The number of aliphatic hydroxyl groups excluding tert-OH is 1. The van der Waals surface area contributed by atoms with E-state index in [-0.39, 0.29) is 17.1 Å². The number of carbonyl (C=O) groups excluding carboxylic acids is 2. The summed E-state index contributed by atoms with van der Waals surface area (Å²) < 4.78 is 5.39. The van der Waals surface area contributed by atoms with Gasteiger partial charge in [0.05, 0.1) is 29.3 Å². The number of likely N-dealkylation sites (tertiary alicyclic amines) is 1. The van der Waals surface area contributed by atoms with Gasteiger partial charge in [-0.05, 0) is 57.2 Å². The van der Waals surface area contributed by atoms with Crippen LogP contribution in [-0.2, 0) is 9.59 Å². The van der Waals surface area contributed by atoms with Gasteiger partial charge in [0, 0.05) is 6.54 Å². The molecule has 1 unspecified atom stereocenters. The van der Waals surface area contributed by atoms with Gasteiger partial charge in [0.15, 0.2) is 0 Å². The highest BCUT2D eigenvalue weighted by Gasteiger charge is 2.46. The summed E-state index contributed by atoms with van der Waals surface area (Å²) in [5.74, 6) is -1.36. The summed E-state index contributed by atoms with van der Waals surface area (Å²) in [7, 11) is 5.36. The summed E-state index contributed by atoms with van der Waals surface area (Å²) >= 11 is 6.31. The molecule has 1 heterocycles. The Bertz CT molecular complexity index is 1020. The van der Waals surface area contributed by atoms with Crippen LogP contribution in [0.1, 0.15) is 29.2 Å². The van der Waals surface area contributed by atoms with Crippen molar-refractivity contribution in [3.63, 3.8) is 0 Å². The Morgan fingerprint density at radius 2 is 1.87 bits per heavy atom. The fourth-order valence-corrected chi connectivity index (χ4v) is 4.26. The van der Waals surface area contributed by atoms with Crippen molar-refractivity contribution in [2.24, 2.45) is 0 Å². The normalized spacial score (nSPS) is 18.1. The summed E-state index contributed by atoms with van der Waals surface area (Å²) in [6, 6.07) is 12.0. The molecule has 164 valence electrons. The zero-order valence-corrected chi connectivity index (χ0v) is 18.9. The number of halogens is 1. The molecule has 1 fully saturated rings. The second kappa shape index (κ2) is 9.54. The number of aryl methyl sites for hydroxylation is 1. The van der Waals surface area contributed by atoms with E-state index in [2.05, 4.69) is 0 Å². The maximum absolute atomic E-state index is 13.1. The molecule has 1 atom stereocenters. The van der Waals surface area contributed by atoms with Crippen molar-refractivity contribution in [3.8, 4) is 5.75 Å². The maximum Gasteiger partial charge on any atom is 0.295 e. The van der Waals surface area contributed by atoms with E-state index < -0.39 is 17.7 Å². The fourth-order valence-electron chi connectivity index (χ4n) is 3.91. The average molecular weight is 443 g/mol. The van der Waals surface area contributed by atoms with Gasteiger partial charge in [-0.2, -0.15) is 0 Å². The first kappa shape index (κ1) is 22.8. The van der Waals surface area contributed by atoms with E-state index in [1.165, 1.54) is 12.0 Å². The molecular weight excluding hydrogens is 416 g/mol. The summed E-state index contributed by atoms with van der Waals surface area (Å²) in [6.07, 6.45) is 0.697. The highest BCUT2D eigenvalue weighted by Crippen LogP contribution is 2.42. The topological polar surface area (TPSA) is 70.1 Å². The molecule has 1 aliphatic rings. The van der Waals surface area contributed by atoms with Crippen LogP contribution in [0, 0.1) is 6.92 Å². The molecule has 1 aliphatic heterocycles. The molecule has 1 amide bonds. The monoisotopic (exact) mass is 442 g/mol. The van der Waals surface area contributed by atoms with Gasteiger partial charge in [-0.1, -0.05) is 41.9 Å². The van der Waals surface area contributed by atoms with Gasteiger partial charge in [0.1, 0.15) is 11.5 Å². The number of Topliss-reactive ketones (excluding diaryl/α,β-unsaturated/α-hetero) is 1. The van der Waals surface area contributed by atoms with Crippen LogP contribution in [0.5, 0.6) is 5.75 Å². The molecule has 0 radical (unpaired) electrons. The largest absolute Gasteiger partial charge is 0.507 e. The highest BCUT2D eigenvalue weighted by molar-refractivity contribution is 6.46. The second-order valence-electron chi connectivity index (χ2n) is 7.89. The van der Waals surface area contributed by atoms with E-state index in [4.69, 9.17) is 16.3 Å². The number of hydrogen-bond donors (Lipinski definition) is 1. The van der Waals surface area contributed by atoms with Crippen LogP contribution in [0.25, 0.3) is 5.76 Å². The van der Waals surface area contributed by atoms with Crippen LogP contribution < -0.4 is 4.74 Å². The van der Waals surface area contributed by atoms with Gasteiger partial charge in [-0.25, -0.2) is 0 Å². The Kier molecular flexibility index (Phi) is 7.03. The average Bonchev–Trinajstić information content (AvgIpc) is 2.98. The number of carbonyl (C=O) groups is 2. The quantitative estimate of drug-likeness (QED) is 0.398. The lowest BCUT2D eigenvalue weighted by Gasteiger charge is -2.26. The molecule has 0 spiro atoms. The van der Waals surface area contributed by atoms with E-state index in [9.17, 15) is 14.7 Å². The van der Waals surface area contributed by atoms with Crippen molar-refractivity contribution >= 4 is 29.1 Å². The Hall–Kier alpha value is -2.83. The number of methoxy groups -OCH3 is 1. The van der Waals surface area contributed by atoms with Crippen molar-refractivity contribution < 1.29 is 19.4 Å². The lowest BCUT2D eigenvalue weighted by molar-refractivity contribution is -0.139. The predicted octanol–water partition coefficient (Wildman–Crippen LogP) is 4.03. The van der Waals surface area contributed by atoms with E-state index in [1.807, 2.05) is 56.3 Å². The number of rotatable bonds is 7. The first-order valence-corrected chi connectivity index (χ1v) is 10.5. The van der Waals surface area contributed by atoms with Gasteiger partial charge >= 0.3 is 0 Å². The highest BCUT2D eigenvalue weighted by atomic mass is 35.5. The minimum Gasteiger partial charge on any atom is -0.507 e. The fraction of sp³-hybridized carbons (Fsp3) is 0.333. The molecule has 2 aromatic carbocycles. The van der Waals surface area contributed by atoms with Crippen molar-refractivity contribution in [3.05, 3.63) is 69.8 Å². The maximum atomic E-state index is 13.1. The van der Waals surface area contributed by atoms with Crippen LogP contribution in [0.4, 0.5) is 0 Å². The van der Waals surface area contributed by atoms with Crippen molar-refractivity contribution in [2.75, 3.05) is 34.3 Å². The third-order valence-electron chi connectivity index (χ3n) is 5.31. The number of amides is 1. The molecule has 0 aromatic heterocycles. The molecule has 3 rings (SSSR count). The Labute approximate surface area is 187 Å². The third kappa shape index (κ3) is 4.60. The molecule has 0 saturated carbocycles. The van der Waals surface area contributed by atoms with Crippen molar-refractivity contribution in [1.29, 1.82) is 0 Å². The third-order valence-corrected chi connectivity index (χ3v) is 5.59. The number of hydrogen-bond acceptors (Lipinski definition) is 5. The van der Waals surface area contributed by atoms with Gasteiger partial charge in [-0.15, -0.1) is 0 Å². The first-order valence-electron chi connectivity index (χ1n) is 10.1. The van der Waals surface area contributed by atoms with Crippen LogP contribution in [0.2, 0.25) is 5.02 Å². The van der Waals surface area contributed by atoms with Gasteiger partial charge in [0.25, 0.3) is 11.7 Å². The standard InChI is InChI=1S/C24H27ClN2O4/c1-15-13-17(23(31-4)18(25)14-15)21(28)19-20(16-9-6-5-7-10-16)27(24(30)22(19)29)12-8-11-26(2)3/h5-7,9-10,13-14,20,28H,8,11-12H2,1-4H3/b21-19+. The lowest BCUT2D eigenvalue weighted by atomic mass is 9.94. The number of aliphatic hydroxyl groups is 1. The molecule has 31 heavy (non-hydrogen) atoms. The number of nitrogens with zero attached hydrogens (tertiary/aromatic N) is 2. The number of ketones is 1. The second-order valence-corrected chi connectivity index (χ2v) is 8.29. The van der Waals surface area contributed by atoms with E-state index >= 15 is 0 Å². The molecule has 1 saturated heterocycles. The first-order chi connectivity index (χ1) is 14.8. The van der Waals surface area contributed by atoms with E-state index in [1.54, 1.807) is 12.1 Å². The van der Waals surface area contributed by atoms with Crippen LogP contribution in [0.15, 0.2) is 48.0 Å². The lowest BCUT2D eigenvalue weighted by Crippen LogP contribution is -2.32. The van der Waals surface area contributed by atoms with E-state index in [0.29, 0.717) is 23.6 Å². The summed E-state index contributed by atoms with van der Waals surface area (Å²) in [5.41, 5.74) is 1.88. The molecule has 7 heteroatoms. The molecule has 6 nitrogen and oxygen atoms in total. The summed E-state index contributed by atoms with van der Waals surface area (Å²) in [4.78, 5) is 29.6. The van der Waals surface area contributed by atoms with Gasteiger partial charge < -0.3 is 19.6 Å². The number of ether oxygens (including phenoxy) is 1. The number of benzene rings is 2. The summed E-state index contributed by atoms with van der Waals surface area (Å²) in [5, 5.41) is 11.6. The molecular formula is C24H27ClN2O4. The molecule has 2 aromatic rings. The molecule has 1 N–H and O–H groups in total. The summed E-state index contributed by atoms with van der Waals surface area (Å²) in [6.45, 7) is 2.99. The Morgan fingerprint density at radius 1 is 1.19 bits per heavy atom. The SMILES string of the molecule is COc1c(Cl)cc(C)cc1/C(O)=C1\C(=O)C(=O)N(CCCN(C)C)C1c1ccccc1. The molecule has 0 bridgehead atoms. The minimum atomic E-state index is -0.712. The zero-order chi connectivity index (χ0) is 22.7. The smallest absolute Gasteiger partial charge is 0.295 e. The minimum absolute atomic E-state index is 0.0426. The van der Waals surface area contributed by atoms with Gasteiger partial charge in [-0.3, -0.25) is 9.59 Å². The van der Waals surface area contributed by atoms with Crippen molar-refractivity contribution in [1.82, 2.24) is 9.80 Å². The Balaban J connectivity index is 2.17. The Morgan fingerprint density at radius 3 is 2.48 bits per heavy atom. The predicted molar refractivity (Wildman–Crippen MR) is 121 cm³/mol. The van der Waals surface area contributed by atoms with Crippen LogP contribution >= 0.6 is 11.6 Å². The van der Waals surface area contributed by atoms with Gasteiger partial charge in [0.2, 0.25) is 0 Å². The van der Waals surface area contributed by atoms with Crippen LogP contribution in [-0.4, -0.2) is 60.9 Å². The molecule has 0 aliphatic carbocycles.